The molecule has 1 heterocycles. The number of aliphatic hydroxyl groups is 1. The minimum atomic E-state index is -3.98. The summed E-state index contributed by atoms with van der Waals surface area (Å²) >= 11 is 5.96. The van der Waals surface area contributed by atoms with Gasteiger partial charge in [-0.2, -0.15) is 0 Å². The van der Waals surface area contributed by atoms with Gasteiger partial charge in [0.1, 0.15) is 17.3 Å². The van der Waals surface area contributed by atoms with Gasteiger partial charge in [0, 0.05) is 27.9 Å². The third-order valence-electron chi connectivity index (χ3n) is 5.74. The molecule has 186 valence electrons. The van der Waals surface area contributed by atoms with Crippen molar-refractivity contribution in [2.24, 2.45) is 5.14 Å². The van der Waals surface area contributed by atoms with Gasteiger partial charge in [-0.05, 0) is 60.7 Å². The number of primary sulfonamides is 1. The number of ether oxygens (including phenoxy) is 2. The van der Waals surface area contributed by atoms with E-state index < -0.39 is 33.5 Å². The van der Waals surface area contributed by atoms with E-state index in [9.17, 15) is 23.1 Å². The van der Waals surface area contributed by atoms with Gasteiger partial charge in [-0.3, -0.25) is 14.5 Å². The van der Waals surface area contributed by atoms with Crippen LogP contribution in [0.5, 0.6) is 11.5 Å². The Labute approximate surface area is 212 Å². The number of hydrogen-bond donors (Lipinski definition) is 2. The molecule has 1 amide bonds. The number of nitrogens with two attached hydrogens (primary N) is 1. The Hall–Kier alpha value is -3.86. The van der Waals surface area contributed by atoms with Gasteiger partial charge >= 0.3 is 0 Å². The van der Waals surface area contributed by atoms with Crippen molar-refractivity contribution in [1.82, 2.24) is 0 Å². The average Bonchev–Trinajstić information content (AvgIpc) is 3.13. The van der Waals surface area contributed by atoms with E-state index in [0.717, 1.165) is 0 Å². The number of Topliss-reactive ketones (excluding diaryl/α,β-unsaturated/α-hetero) is 1. The van der Waals surface area contributed by atoms with Gasteiger partial charge in [0.15, 0.2) is 0 Å². The molecule has 3 N–H and O–H groups in total. The normalized spacial score (nSPS) is 17.3. The number of halogens is 1. The molecule has 1 aliphatic rings. The van der Waals surface area contributed by atoms with Gasteiger partial charge in [0.2, 0.25) is 10.0 Å². The first-order valence-corrected chi connectivity index (χ1v) is 12.4. The monoisotopic (exact) mass is 528 g/mol. The lowest BCUT2D eigenvalue weighted by Gasteiger charge is -2.27. The molecule has 0 bridgehead atoms. The Morgan fingerprint density at radius 1 is 0.972 bits per heavy atom. The summed E-state index contributed by atoms with van der Waals surface area (Å²) in [6, 6.07) is 15.0. The summed E-state index contributed by atoms with van der Waals surface area (Å²) in [4.78, 5) is 27.6. The topological polar surface area (TPSA) is 136 Å². The second kappa shape index (κ2) is 9.65. The number of benzene rings is 3. The molecule has 1 fully saturated rings. The van der Waals surface area contributed by atoms with Crippen LogP contribution in [0.2, 0.25) is 5.02 Å². The molecule has 0 aliphatic carbocycles. The van der Waals surface area contributed by atoms with Crippen molar-refractivity contribution >= 4 is 44.8 Å². The maximum atomic E-state index is 13.3. The van der Waals surface area contributed by atoms with Crippen molar-refractivity contribution in [2.75, 3.05) is 19.1 Å². The predicted octanol–water partition coefficient (Wildman–Crippen LogP) is 3.63. The number of aliphatic hydroxyl groups excluding tert-OH is 1. The number of rotatable bonds is 6. The van der Waals surface area contributed by atoms with E-state index in [1.54, 1.807) is 30.3 Å². The summed E-state index contributed by atoms with van der Waals surface area (Å²) in [5.74, 6) is -1.48. The van der Waals surface area contributed by atoms with Crippen LogP contribution < -0.4 is 19.5 Å². The summed E-state index contributed by atoms with van der Waals surface area (Å²) in [6.45, 7) is 0. The largest absolute Gasteiger partial charge is 0.507 e. The Morgan fingerprint density at radius 3 is 2.17 bits per heavy atom. The maximum Gasteiger partial charge on any atom is 0.300 e. The SMILES string of the molecule is COc1ccc(C2C(=C(O)c3ccc(Cl)cc3)C(=O)C(=O)N2c2ccc(S(N)(=O)=O)cc2)c(OC)c1. The van der Waals surface area contributed by atoms with Gasteiger partial charge in [0.05, 0.1) is 30.7 Å². The van der Waals surface area contributed by atoms with E-state index in [4.69, 9.17) is 26.2 Å². The second-order valence-electron chi connectivity index (χ2n) is 7.82. The van der Waals surface area contributed by atoms with E-state index in [0.29, 0.717) is 22.1 Å². The van der Waals surface area contributed by atoms with Crippen molar-refractivity contribution < 1.29 is 32.6 Å². The molecule has 36 heavy (non-hydrogen) atoms. The van der Waals surface area contributed by atoms with Crippen molar-refractivity contribution in [3.8, 4) is 11.5 Å². The fraction of sp³-hybridized carbons (Fsp3) is 0.120. The van der Waals surface area contributed by atoms with Crippen LogP contribution in [0.15, 0.2) is 77.2 Å². The molecule has 9 nitrogen and oxygen atoms in total. The summed E-state index contributed by atoms with van der Waals surface area (Å²) in [6.07, 6.45) is 0. The number of carbonyl (C=O) groups excluding carboxylic acids is 2. The zero-order valence-corrected chi connectivity index (χ0v) is 20.7. The zero-order chi connectivity index (χ0) is 26.2. The van der Waals surface area contributed by atoms with Crippen LogP contribution >= 0.6 is 11.6 Å². The molecule has 1 aliphatic heterocycles. The van der Waals surface area contributed by atoms with Gasteiger partial charge in [-0.15, -0.1) is 0 Å². The maximum absolute atomic E-state index is 13.3. The molecule has 1 atom stereocenters. The second-order valence-corrected chi connectivity index (χ2v) is 9.82. The highest BCUT2D eigenvalue weighted by Gasteiger charge is 2.48. The van der Waals surface area contributed by atoms with Crippen LogP contribution in [-0.2, 0) is 19.6 Å². The van der Waals surface area contributed by atoms with Crippen LogP contribution in [-0.4, -0.2) is 39.4 Å². The summed E-state index contributed by atoms with van der Waals surface area (Å²) < 4.78 is 34.2. The minimum Gasteiger partial charge on any atom is -0.507 e. The number of nitrogens with zero attached hydrogens (tertiary/aromatic N) is 1. The molecule has 0 radical (unpaired) electrons. The van der Waals surface area contributed by atoms with E-state index in [-0.39, 0.29) is 21.7 Å². The van der Waals surface area contributed by atoms with E-state index >= 15 is 0 Å². The zero-order valence-electron chi connectivity index (χ0n) is 19.1. The fourth-order valence-corrected chi connectivity index (χ4v) is 4.64. The first-order valence-electron chi connectivity index (χ1n) is 10.5. The van der Waals surface area contributed by atoms with Crippen LogP contribution in [0.3, 0.4) is 0 Å². The van der Waals surface area contributed by atoms with Crippen molar-refractivity contribution in [3.05, 3.63) is 88.5 Å². The summed E-state index contributed by atoms with van der Waals surface area (Å²) in [5, 5.41) is 16.8. The molecule has 0 aromatic heterocycles. The molecule has 11 heteroatoms. The van der Waals surface area contributed by atoms with Gasteiger partial charge in [-0.1, -0.05) is 11.6 Å². The van der Waals surface area contributed by atoms with E-state index in [1.165, 1.54) is 55.5 Å². The van der Waals surface area contributed by atoms with Crippen molar-refractivity contribution in [2.45, 2.75) is 10.9 Å². The van der Waals surface area contributed by atoms with E-state index in [1.807, 2.05) is 0 Å². The standard InChI is InChI=1S/C25H21ClN2O7S/c1-34-17-9-12-19(20(13-17)35-2)22-21(23(29)14-3-5-15(26)6-4-14)24(30)25(31)28(22)16-7-10-18(11-8-16)36(27,32)33/h3-13,22,29H,1-2H3,(H2,27,32,33). The number of amides is 1. The molecule has 1 unspecified atom stereocenters. The molecule has 0 spiro atoms. The lowest BCUT2D eigenvalue weighted by Crippen LogP contribution is -2.29. The highest BCUT2D eigenvalue weighted by molar-refractivity contribution is 7.89. The molecule has 1 saturated heterocycles. The number of methoxy groups -OCH3 is 2. The molecule has 3 aromatic carbocycles. The van der Waals surface area contributed by atoms with Crippen LogP contribution in [0, 0.1) is 0 Å². The highest BCUT2D eigenvalue weighted by Crippen LogP contribution is 2.45. The predicted molar refractivity (Wildman–Crippen MR) is 134 cm³/mol. The van der Waals surface area contributed by atoms with Gasteiger partial charge < -0.3 is 14.6 Å². The molecule has 4 rings (SSSR count). The number of hydrogen-bond acceptors (Lipinski definition) is 7. The third-order valence-corrected chi connectivity index (χ3v) is 6.92. The van der Waals surface area contributed by atoms with Crippen molar-refractivity contribution in [3.63, 3.8) is 0 Å². The molecule has 3 aromatic rings. The van der Waals surface area contributed by atoms with Crippen LogP contribution in [0.1, 0.15) is 17.2 Å². The highest BCUT2D eigenvalue weighted by atomic mass is 35.5. The van der Waals surface area contributed by atoms with Crippen LogP contribution in [0.25, 0.3) is 5.76 Å². The number of carbonyl (C=O) groups is 2. The number of anilines is 1. The smallest absolute Gasteiger partial charge is 0.300 e. The van der Waals surface area contributed by atoms with E-state index in [2.05, 4.69) is 0 Å². The minimum absolute atomic E-state index is 0.164. The van der Waals surface area contributed by atoms with Gasteiger partial charge in [-0.25, -0.2) is 13.6 Å². The Kier molecular flexibility index (Phi) is 6.77. The first-order chi connectivity index (χ1) is 17.1. The molecule has 0 saturated carbocycles. The summed E-state index contributed by atoms with van der Waals surface area (Å²) in [5.41, 5.74) is 0.701. The van der Waals surface area contributed by atoms with Crippen LogP contribution in [0.4, 0.5) is 5.69 Å². The average molecular weight is 529 g/mol. The lowest BCUT2D eigenvalue weighted by atomic mass is 9.94. The quantitative estimate of drug-likeness (QED) is 0.283. The number of ketones is 1. The van der Waals surface area contributed by atoms with Gasteiger partial charge in [0.25, 0.3) is 11.7 Å². The fourth-order valence-electron chi connectivity index (χ4n) is 4.00. The third kappa shape index (κ3) is 4.53. The Balaban J connectivity index is 1.97. The lowest BCUT2D eigenvalue weighted by molar-refractivity contribution is -0.132. The molecular weight excluding hydrogens is 508 g/mol. The Morgan fingerprint density at radius 2 is 1.61 bits per heavy atom. The van der Waals surface area contributed by atoms with Crippen molar-refractivity contribution in [1.29, 1.82) is 0 Å². The number of sulfonamides is 1. The first kappa shape index (κ1) is 25.2. The summed E-state index contributed by atoms with van der Waals surface area (Å²) in [7, 11) is -1.08. The Bertz CT molecular complexity index is 1480. The molecular formula is C25H21ClN2O7S.